The molecule has 0 aliphatic carbocycles. The Morgan fingerprint density at radius 3 is 2.32 bits per heavy atom. The number of nitrogens with one attached hydrogen (secondary N) is 3. The van der Waals surface area contributed by atoms with Gasteiger partial charge in [0.2, 0.25) is 15.8 Å². The van der Waals surface area contributed by atoms with Crippen molar-refractivity contribution in [2.75, 3.05) is 13.1 Å². The lowest BCUT2D eigenvalue weighted by atomic mass is 9.94. The first-order chi connectivity index (χ1) is 15.9. The van der Waals surface area contributed by atoms with E-state index in [2.05, 4.69) is 30.7 Å². The molecule has 0 spiro atoms. The molecule has 2 aliphatic rings. The van der Waals surface area contributed by atoms with Gasteiger partial charge in [-0.15, -0.1) is 10.2 Å². The number of sulfone groups is 1. The maximum absolute atomic E-state index is 13.2. The number of aromatic amines is 1. The summed E-state index contributed by atoms with van der Waals surface area (Å²) in [5.74, 6) is -1.09. The number of H-pyrrole nitrogens is 1. The number of tetrazole rings is 1. The highest BCUT2D eigenvalue weighted by Gasteiger charge is 2.40. The van der Waals surface area contributed by atoms with Crippen LogP contribution >= 0.6 is 10.8 Å². The Labute approximate surface area is 194 Å². The molecule has 3 heterocycles. The minimum absolute atomic E-state index is 0.0280. The summed E-state index contributed by atoms with van der Waals surface area (Å²) in [5.41, 5.74) is -0.299. The third-order valence-corrected chi connectivity index (χ3v) is 10.3. The van der Waals surface area contributed by atoms with Crippen molar-refractivity contribution >= 4 is 36.5 Å². The van der Waals surface area contributed by atoms with Gasteiger partial charge in [-0.05, 0) is 28.5 Å². The molecule has 17 heteroatoms. The van der Waals surface area contributed by atoms with E-state index in [1.807, 2.05) is 0 Å². The van der Waals surface area contributed by atoms with Crippen molar-refractivity contribution in [2.45, 2.75) is 19.9 Å². The first kappa shape index (κ1) is 22.8. The van der Waals surface area contributed by atoms with Gasteiger partial charge < -0.3 is 5.32 Å². The molecule has 1 fully saturated rings. The molecule has 2 aliphatic heterocycles. The Bertz CT molecular complexity index is 1550. The normalized spacial score (nSPS) is 18.7. The molecule has 1 saturated heterocycles. The Morgan fingerprint density at radius 2 is 1.74 bits per heavy atom. The topological polar surface area (TPSA) is 230 Å². The number of aromatic nitrogens is 4. The molecule has 1 aromatic heterocycles. The zero-order chi connectivity index (χ0) is 24.5. The summed E-state index contributed by atoms with van der Waals surface area (Å²) in [5, 5.41) is 20.7. The molecule has 0 bridgehead atoms. The fraction of sp³-hybridized carbons (Fsp3) is 0.176. The van der Waals surface area contributed by atoms with Gasteiger partial charge >= 0.3 is 0 Å². The summed E-state index contributed by atoms with van der Waals surface area (Å²) in [4.78, 5) is 11.2. The van der Waals surface area contributed by atoms with Crippen molar-refractivity contribution in [3.05, 3.63) is 35.9 Å². The average molecular weight is 528 g/mol. The number of carbonyl (C=O) groups excluding carboxylic acids is 1. The summed E-state index contributed by atoms with van der Waals surface area (Å²) >= 11 is 0. The smallest absolute Gasteiger partial charge is 0.272 e. The van der Waals surface area contributed by atoms with E-state index in [0.29, 0.717) is 0 Å². The van der Waals surface area contributed by atoms with Crippen LogP contribution in [0.1, 0.15) is 10.4 Å². The van der Waals surface area contributed by atoms with Crippen molar-refractivity contribution in [2.24, 2.45) is 5.14 Å². The van der Waals surface area contributed by atoms with E-state index in [-0.39, 0.29) is 46.1 Å². The minimum atomic E-state index is -4.69. The van der Waals surface area contributed by atoms with Crippen molar-refractivity contribution < 1.29 is 30.7 Å². The van der Waals surface area contributed by atoms with E-state index in [1.54, 1.807) is 0 Å². The van der Waals surface area contributed by atoms with Crippen LogP contribution < -0.4 is 15.2 Å². The maximum atomic E-state index is 13.2. The number of primary sulfonamides is 1. The van der Waals surface area contributed by atoms with E-state index >= 15 is 0 Å². The van der Waals surface area contributed by atoms with Crippen LogP contribution in [0.5, 0.6) is 0 Å². The molecule has 180 valence electrons. The molecule has 1 amide bonds. The molecule has 0 saturated carbocycles. The molecule has 3 aromatic rings. The summed E-state index contributed by atoms with van der Waals surface area (Å²) in [7, 11) is -12.4. The Kier molecular flexibility index (Phi) is 5.06. The summed E-state index contributed by atoms with van der Waals surface area (Å²) < 4.78 is 74.6. The van der Waals surface area contributed by atoms with Crippen LogP contribution in [0.4, 0.5) is 0 Å². The molecule has 7 N–H and O–H groups in total. The number of nitrogens with zero attached hydrogens (tertiary/aromatic N) is 3. The van der Waals surface area contributed by atoms with Crippen LogP contribution in [-0.4, -0.2) is 70.8 Å². The van der Waals surface area contributed by atoms with Crippen molar-refractivity contribution in [3.63, 3.8) is 0 Å². The maximum Gasteiger partial charge on any atom is 0.272 e. The van der Waals surface area contributed by atoms with Gasteiger partial charge in [-0.3, -0.25) is 13.9 Å². The van der Waals surface area contributed by atoms with Crippen LogP contribution in [0.25, 0.3) is 22.5 Å². The number of hydrogen-bond donors (Lipinski definition) is 6. The molecule has 0 atom stereocenters. The molecule has 0 radical (unpaired) electrons. The molecule has 34 heavy (non-hydrogen) atoms. The quantitative estimate of drug-likeness (QED) is 0.252. The van der Waals surface area contributed by atoms with E-state index in [0.717, 1.165) is 6.07 Å². The first-order valence-corrected chi connectivity index (χ1v) is 14.2. The lowest BCUT2D eigenvalue weighted by Gasteiger charge is -2.28. The van der Waals surface area contributed by atoms with E-state index in [1.165, 1.54) is 24.3 Å². The second-order valence-corrected chi connectivity index (χ2v) is 13.0. The van der Waals surface area contributed by atoms with Gasteiger partial charge in [-0.2, -0.15) is 5.21 Å². The van der Waals surface area contributed by atoms with E-state index in [4.69, 9.17) is 5.14 Å². The average Bonchev–Trinajstić information content (AvgIpc) is 3.31. The molecule has 0 unspecified atom stereocenters. The van der Waals surface area contributed by atoms with Crippen LogP contribution in [0.15, 0.2) is 45.0 Å². The zero-order valence-corrected chi connectivity index (χ0v) is 19.4. The number of benzene rings is 2. The Morgan fingerprint density at radius 1 is 1.03 bits per heavy atom. The van der Waals surface area contributed by atoms with Crippen molar-refractivity contribution in [3.8, 4) is 22.5 Å². The molecule has 2 aromatic carbocycles. The number of hydrogen-bond acceptors (Lipinski definition) is 11. The predicted molar refractivity (Wildman–Crippen MR) is 119 cm³/mol. The van der Waals surface area contributed by atoms with E-state index < -0.39 is 51.6 Å². The lowest BCUT2D eigenvalue weighted by Crippen LogP contribution is -2.51. The lowest BCUT2D eigenvalue weighted by molar-refractivity contribution is 0.0984. The fourth-order valence-corrected chi connectivity index (χ4v) is 8.32. The standard InChI is InChI=1S/C17H17N7O7S3/c18-33(28,29)15-12(32(26,27)8-6-19-7-8)5-4-10(14(15)16-20-23-24-21-16)9-2-1-3-11-13(9)17(25)22-34(11,30)31/h1-5,8,19,30-31H,6-7H2,(H,22,25)(H2,18,28,29)(H,20,21,23,24). The van der Waals surface area contributed by atoms with Crippen LogP contribution in [0.3, 0.4) is 0 Å². The second-order valence-electron chi connectivity index (χ2n) is 7.58. The monoisotopic (exact) mass is 527 g/mol. The largest absolute Gasteiger partial charge is 0.314 e. The van der Waals surface area contributed by atoms with Gasteiger partial charge in [0.15, 0.2) is 9.84 Å². The van der Waals surface area contributed by atoms with E-state index in [9.17, 15) is 30.7 Å². The zero-order valence-electron chi connectivity index (χ0n) is 17.0. The number of carbonyl (C=O) groups is 1. The highest BCUT2D eigenvalue weighted by molar-refractivity contribution is 8.23. The highest BCUT2D eigenvalue weighted by atomic mass is 32.3. The number of nitrogens with two attached hydrogens (primary N) is 1. The molecular formula is C17H17N7O7S3. The molecule has 5 rings (SSSR count). The molecule has 14 nitrogen and oxygen atoms in total. The van der Waals surface area contributed by atoms with Crippen LogP contribution in [-0.2, 0) is 19.9 Å². The van der Waals surface area contributed by atoms with Crippen LogP contribution in [0, 0.1) is 0 Å². The van der Waals surface area contributed by atoms with Crippen LogP contribution in [0.2, 0.25) is 0 Å². The number of fused-ring (bicyclic) bond motifs is 1. The van der Waals surface area contributed by atoms with Gasteiger partial charge in [-0.1, -0.05) is 29.0 Å². The number of rotatable bonds is 5. The Hall–Kier alpha value is -2.93. The van der Waals surface area contributed by atoms with Gasteiger partial charge in [0, 0.05) is 13.1 Å². The first-order valence-electron chi connectivity index (χ1n) is 9.55. The van der Waals surface area contributed by atoms with Gasteiger partial charge in [0.1, 0.15) is 4.90 Å². The van der Waals surface area contributed by atoms with Gasteiger partial charge in [0.05, 0.1) is 26.2 Å². The summed E-state index contributed by atoms with van der Waals surface area (Å²) in [6.45, 7) is 0.270. The minimum Gasteiger partial charge on any atom is -0.314 e. The third-order valence-electron chi connectivity index (χ3n) is 5.55. The Balaban J connectivity index is 1.90. The summed E-state index contributed by atoms with van der Waals surface area (Å²) in [6.07, 6.45) is 0. The third kappa shape index (κ3) is 3.40. The van der Waals surface area contributed by atoms with Gasteiger partial charge in [-0.25, -0.2) is 26.7 Å². The predicted octanol–water partition coefficient (Wildman–Crippen LogP) is -0.305. The SMILES string of the molecule is NS(=O)(=O)c1c(S(=O)(=O)C2CNC2)ccc(-c2cccc3c2C(=O)NS3(O)O)c1-c1nn[nH]n1. The van der Waals surface area contributed by atoms with Gasteiger partial charge in [0.25, 0.3) is 5.91 Å². The number of amides is 1. The van der Waals surface area contributed by atoms with Crippen molar-refractivity contribution in [1.82, 2.24) is 30.7 Å². The fourth-order valence-electron chi connectivity index (χ4n) is 3.91. The summed E-state index contributed by atoms with van der Waals surface area (Å²) in [6, 6.07) is 6.60. The second kappa shape index (κ2) is 7.54. The van der Waals surface area contributed by atoms with Crippen molar-refractivity contribution in [1.29, 1.82) is 0 Å². The molecular weight excluding hydrogens is 510 g/mol. The highest BCUT2D eigenvalue weighted by Crippen LogP contribution is 2.53. The number of sulfonamides is 1.